The smallest absolute Gasteiger partial charge is 0.0118 e. The van der Waals surface area contributed by atoms with E-state index < -0.39 is 0 Å². The Hall–Kier alpha value is -1.47. The molecule has 2 aromatic carbocycles. The van der Waals surface area contributed by atoms with Crippen LogP contribution in [0.1, 0.15) is 12.5 Å². The Morgan fingerprint density at radius 3 is 2.06 bits per heavy atom. The van der Waals surface area contributed by atoms with Crippen molar-refractivity contribution in [3.8, 4) is 0 Å². The topological polar surface area (TPSA) is 0 Å². The zero-order valence-corrected chi connectivity index (χ0v) is 10.1. The molecule has 0 aliphatic carbocycles. The summed E-state index contributed by atoms with van der Waals surface area (Å²) in [6.07, 6.45) is 2.21. The number of rotatable bonds is 3. The molecule has 0 atom stereocenters. The maximum atomic E-state index is 2.21. The molecule has 1 heteroatoms. The maximum absolute atomic E-state index is 2.21. The molecule has 0 bridgehead atoms. The Bertz CT molecular complexity index is 457. The van der Waals surface area contributed by atoms with E-state index in [-0.39, 0.29) is 0 Å². The molecular formula is C15H14S. The maximum Gasteiger partial charge on any atom is 0.0118 e. The number of hydrogen-bond acceptors (Lipinski definition) is 1. The molecule has 0 aromatic heterocycles. The van der Waals surface area contributed by atoms with E-state index in [0.717, 1.165) is 0 Å². The SMILES string of the molecule is CC(=Cc1ccccc1)Sc1ccccc1. The summed E-state index contributed by atoms with van der Waals surface area (Å²) < 4.78 is 0. The molecule has 2 aromatic rings. The van der Waals surface area contributed by atoms with Crippen LogP contribution in [0.2, 0.25) is 0 Å². The van der Waals surface area contributed by atoms with Crippen LogP contribution in [-0.2, 0) is 0 Å². The molecule has 0 amide bonds. The molecule has 0 aliphatic heterocycles. The van der Waals surface area contributed by atoms with Gasteiger partial charge in [0.2, 0.25) is 0 Å². The Morgan fingerprint density at radius 2 is 1.44 bits per heavy atom. The second-order valence-electron chi connectivity index (χ2n) is 3.58. The minimum absolute atomic E-state index is 1.25. The second kappa shape index (κ2) is 5.57. The van der Waals surface area contributed by atoms with Crippen LogP contribution in [-0.4, -0.2) is 0 Å². The molecule has 0 aliphatic rings. The first-order chi connectivity index (χ1) is 7.84. The van der Waals surface area contributed by atoms with Gasteiger partial charge in [-0.05, 0) is 35.6 Å². The van der Waals surface area contributed by atoms with Crippen molar-refractivity contribution < 1.29 is 0 Å². The molecule has 0 unspecified atom stereocenters. The summed E-state index contributed by atoms with van der Waals surface area (Å²) in [5, 5.41) is 0. The standard InChI is InChI=1S/C15H14S/c1-13(12-14-8-4-2-5-9-14)16-15-10-6-3-7-11-15/h2-12H,1H3. The van der Waals surface area contributed by atoms with E-state index >= 15 is 0 Å². The number of allylic oxidation sites excluding steroid dienone is 1. The molecule has 0 saturated carbocycles. The quantitative estimate of drug-likeness (QED) is 0.675. The van der Waals surface area contributed by atoms with Crippen molar-refractivity contribution in [1.29, 1.82) is 0 Å². The van der Waals surface area contributed by atoms with Crippen molar-refractivity contribution in [3.05, 3.63) is 71.1 Å². The predicted octanol–water partition coefficient (Wildman–Crippen LogP) is 4.84. The van der Waals surface area contributed by atoms with Crippen LogP contribution in [0.25, 0.3) is 6.08 Å². The lowest BCUT2D eigenvalue weighted by Gasteiger charge is -2.01. The number of hydrogen-bond donors (Lipinski definition) is 0. The van der Waals surface area contributed by atoms with Gasteiger partial charge in [-0.1, -0.05) is 60.3 Å². The van der Waals surface area contributed by atoms with Crippen molar-refractivity contribution in [2.24, 2.45) is 0 Å². The highest BCUT2D eigenvalue weighted by atomic mass is 32.2. The average molecular weight is 226 g/mol. The molecule has 2 rings (SSSR count). The summed E-state index contributed by atoms with van der Waals surface area (Å²) in [7, 11) is 0. The van der Waals surface area contributed by atoms with E-state index in [9.17, 15) is 0 Å². The van der Waals surface area contributed by atoms with Crippen LogP contribution in [0, 0.1) is 0 Å². The molecule has 0 heterocycles. The van der Waals surface area contributed by atoms with E-state index in [0.29, 0.717) is 0 Å². The largest absolute Gasteiger partial charge is 0.0948 e. The van der Waals surface area contributed by atoms with Crippen LogP contribution in [0.4, 0.5) is 0 Å². The van der Waals surface area contributed by atoms with Crippen LogP contribution in [0.3, 0.4) is 0 Å². The van der Waals surface area contributed by atoms with Crippen LogP contribution < -0.4 is 0 Å². The molecule has 16 heavy (non-hydrogen) atoms. The van der Waals surface area contributed by atoms with Gasteiger partial charge >= 0.3 is 0 Å². The van der Waals surface area contributed by atoms with Crippen LogP contribution >= 0.6 is 11.8 Å². The fourth-order valence-electron chi connectivity index (χ4n) is 1.49. The van der Waals surface area contributed by atoms with Gasteiger partial charge in [0, 0.05) is 4.90 Å². The van der Waals surface area contributed by atoms with E-state index in [1.54, 1.807) is 11.8 Å². The molecule has 0 fully saturated rings. The first kappa shape index (κ1) is 11.0. The highest BCUT2D eigenvalue weighted by Crippen LogP contribution is 2.27. The van der Waals surface area contributed by atoms with Crippen molar-refractivity contribution in [1.82, 2.24) is 0 Å². The average Bonchev–Trinajstić information content (AvgIpc) is 2.31. The summed E-state index contributed by atoms with van der Waals surface area (Å²) >= 11 is 1.80. The van der Waals surface area contributed by atoms with Gasteiger partial charge in [0.1, 0.15) is 0 Å². The lowest BCUT2D eigenvalue weighted by Crippen LogP contribution is -1.73. The fourth-order valence-corrected chi connectivity index (χ4v) is 2.35. The Labute approximate surface area is 101 Å². The molecular weight excluding hydrogens is 212 g/mol. The van der Waals surface area contributed by atoms with Gasteiger partial charge in [0.15, 0.2) is 0 Å². The third-order valence-corrected chi connectivity index (χ3v) is 3.14. The van der Waals surface area contributed by atoms with Crippen LogP contribution in [0.15, 0.2) is 70.5 Å². The summed E-state index contributed by atoms with van der Waals surface area (Å²) in [4.78, 5) is 2.59. The summed E-state index contributed by atoms with van der Waals surface area (Å²) in [5.74, 6) is 0. The third-order valence-electron chi connectivity index (χ3n) is 2.19. The van der Waals surface area contributed by atoms with E-state index in [2.05, 4.69) is 61.5 Å². The van der Waals surface area contributed by atoms with Gasteiger partial charge < -0.3 is 0 Å². The summed E-state index contributed by atoms with van der Waals surface area (Å²) in [5.41, 5.74) is 1.25. The molecule has 0 N–H and O–H groups in total. The third kappa shape index (κ3) is 3.28. The Kier molecular flexibility index (Phi) is 3.84. The van der Waals surface area contributed by atoms with Crippen molar-refractivity contribution >= 4 is 17.8 Å². The van der Waals surface area contributed by atoms with Crippen molar-refractivity contribution in [2.75, 3.05) is 0 Å². The first-order valence-corrected chi connectivity index (χ1v) is 6.12. The molecule has 0 spiro atoms. The minimum atomic E-state index is 1.25. The van der Waals surface area contributed by atoms with Gasteiger partial charge in [-0.3, -0.25) is 0 Å². The monoisotopic (exact) mass is 226 g/mol. The number of thioether (sulfide) groups is 1. The molecule has 0 saturated heterocycles. The van der Waals surface area contributed by atoms with E-state index in [4.69, 9.17) is 0 Å². The zero-order chi connectivity index (χ0) is 11.2. The predicted molar refractivity (Wildman–Crippen MR) is 72.4 cm³/mol. The summed E-state index contributed by atoms with van der Waals surface area (Å²) in [6, 6.07) is 20.8. The van der Waals surface area contributed by atoms with Gasteiger partial charge in [0.05, 0.1) is 0 Å². The van der Waals surface area contributed by atoms with Crippen molar-refractivity contribution in [3.63, 3.8) is 0 Å². The normalized spacial score (nSPS) is 11.4. The first-order valence-electron chi connectivity index (χ1n) is 5.31. The summed E-state index contributed by atoms with van der Waals surface area (Å²) in [6.45, 7) is 2.14. The minimum Gasteiger partial charge on any atom is -0.0948 e. The molecule has 80 valence electrons. The fraction of sp³-hybridized carbons (Fsp3) is 0.0667. The van der Waals surface area contributed by atoms with Gasteiger partial charge in [-0.2, -0.15) is 0 Å². The molecule has 0 radical (unpaired) electrons. The van der Waals surface area contributed by atoms with Gasteiger partial charge in [-0.25, -0.2) is 0 Å². The van der Waals surface area contributed by atoms with Crippen molar-refractivity contribution in [2.45, 2.75) is 11.8 Å². The highest BCUT2D eigenvalue weighted by molar-refractivity contribution is 8.03. The lowest BCUT2D eigenvalue weighted by molar-refractivity contribution is 1.46. The van der Waals surface area contributed by atoms with Gasteiger partial charge in [-0.15, -0.1) is 0 Å². The Balaban J connectivity index is 2.09. The zero-order valence-electron chi connectivity index (χ0n) is 9.26. The highest BCUT2D eigenvalue weighted by Gasteiger charge is 1.94. The Morgan fingerprint density at radius 1 is 0.875 bits per heavy atom. The lowest BCUT2D eigenvalue weighted by atomic mass is 10.2. The van der Waals surface area contributed by atoms with E-state index in [1.165, 1.54) is 15.4 Å². The van der Waals surface area contributed by atoms with E-state index in [1.807, 2.05) is 12.1 Å². The van der Waals surface area contributed by atoms with Gasteiger partial charge in [0.25, 0.3) is 0 Å². The van der Waals surface area contributed by atoms with Crippen LogP contribution in [0.5, 0.6) is 0 Å². The molecule has 0 nitrogen and oxygen atoms in total. The second-order valence-corrected chi connectivity index (χ2v) is 4.90. The number of benzene rings is 2.